The monoisotopic (exact) mass is 280 g/mol. The highest BCUT2D eigenvalue weighted by molar-refractivity contribution is 7.09. The third-order valence-electron chi connectivity index (χ3n) is 4.64. The molecule has 0 radical (unpaired) electrons. The number of hydrogen-bond acceptors (Lipinski definition) is 3. The number of hydrogen-bond donors (Lipinski definition) is 1. The molecule has 1 aliphatic carbocycles. The number of thiazole rings is 1. The third-order valence-corrected chi connectivity index (χ3v) is 5.70. The summed E-state index contributed by atoms with van der Waals surface area (Å²) < 4.78 is 0. The van der Waals surface area contributed by atoms with Gasteiger partial charge in [0.05, 0.1) is 11.2 Å². The van der Waals surface area contributed by atoms with E-state index in [0.717, 1.165) is 6.54 Å². The first-order chi connectivity index (χ1) is 8.73. The predicted octanol–water partition coefficient (Wildman–Crippen LogP) is 4.46. The highest BCUT2D eigenvalue weighted by Crippen LogP contribution is 2.58. The molecule has 0 aliphatic heterocycles. The summed E-state index contributed by atoms with van der Waals surface area (Å²) in [4.78, 5) is 4.97. The minimum Gasteiger partial charge on any atom is -0.305 e. The molecule has 1 aromatic heterocycles. The first-order valence-electron chi connectivity index (χ1n) is 7.44. The van der Waals surface area contributed by atoms with Gasteiger partial charge >= 0.3 is 0 Å². The van der Waals surface area contributed by atoms with Crippen molar-refractivity contribution in [3.8, 4) is 0 Å². The Morgan fingerprint density at radius 3 is 2.37 bits per heavy atom. The van der Waals surface area contributed by atoms with Crippen molar-refractivity contribution in [2.45, 2.75) is 71.8 Å². The zero-order valence-corrected chi connectivity index (χ0v) is 14.1. The SMILES string of the molecule is CCCNC(C)(c1nc(C(C)(C)C)cs1)C1(C)CC1. The van der Waals surface area contributed by atoms with Crippen LogP contribution < -0.4 is 5.32 Å². The van der Waals surface area contributed by atoms with Gasteiger partial charge in [-0.1, -0.05) is 34.6 Å². The standard InChI is InChI=1S/C16H28N2S/c1-7-10-17-16(6,15(5)8-9-15)13-18-12(11-19-13)14(2,3)4/h11,17H,7-10H2,1-6H3. The van der Waals surface area contributed by atoms with Gasteiger partial charge in [-0.25, -0.2) is 4.98 Å². The molecule has 0 spiro atoms. The van der Waals surface area contributed by atoms with Crippen molar-refractivity contribution in [3.63, 3.8) is 0 Å². The van der Waals surface area contributed by atoms with Crippen molar-refractivity contribution in [1.82, 2.24) is 10.3 Å². The van der Waals surface area contributed by atoms with Gasteiger partial charge in [-0.2, -0.15) is 0 Å². The van der Waals surface area contributed by atoms with E-state index >= 15 is 0 Å². The second kappa shape index (κ2) is 4.85. The molecule has 1 heterocycles. The Balaban J connectivity index is 2.31. The fourth-order valence-electron chi connectivity index (χ4n) is 2.46. The largest absolute Gasteiger partial charge is 0.305 e. The Labute approximate surface area is 122 Å². The van der Waals surface area contributed by atoms with Crippen LogP contribution in [0.1, 0.15) is 71.5 Å². The summed E-state index contributed by atoms with van der Waals surface area (Å²) in [5, 5.41) is 7.29. The van der Waals surface area contributed by atoms with Crippen LogP contribution in [0.15, 0.2) is 5.38 Å². The normalized spacial score (nSPS) is 21.2. The van der Waals surface area contributed by atoms with Crippen LogP contribution in [0, 0.1) is 5.41 Å². The van der Waals surface area contributed by atoms with Gasteiger partial charge < -0.3 is 5.32 Å². The Bertz CT molecular complexity index is 440. The lowest BCUT2D eigenvalue weighted by Crippen LogP contribution is -2.46. The molecular formula is C16H28N2S. The topological polar surface area (TPSA) is 24.9 Å². The van der Waals surface area contributed by atoms with Crippen molar-refractivity contribution in [2.75, 3.05) is 6.54 Å². The van der Waals surface area contributed by atoms with Crippen molar-refractivity contribution >= 4 is 11.3 Å². The molecule has 1 N–H and O–H groups in total. The average Bonchev–Trinajstić information content (AvgIpc) is 2.90. The quantitative estimate of drug-likeness (QED) is 0.861. The predicted molar refractivity (Wildman–Crippen MR) is 83.8 cm³/mol. The van der Waals surface area contributed by atoms with E-state index in [2.05, 4.69) is 52.2 Å². The van der Waals surface area contributed by atoms with Gasteiger partial charge in [0.25, 0.3) is 0 Å². The van der Waals surface area contributed by atoms with Crippen LogP contribution >= 0.6 is 11.3 Å². The van der Waals surface area contributed by atoms with Crippen LogP contribution in [-0.2, 0) is 11.0 Å². The van der Waals surface area contributed by atoms with E-state index in [1.807, 2.05) is 11.3 Å². The Morgan fingerprint density at radius 1 is 1.32 bits per heavy atom. The van der Waals surface area contributed by atoms with E-state index in [1.54, 1.807) is 0 Å². The second-order valence-corrected chi connectivity index (χ2v) is 8.26. The maximum atomic E-state index is 4.97. The molecule has 1 aromatic rings. The fourth-order valence-corrected chi connectivity index (χ4v) is 3.79. The van der Waals surface area contributed by atoms with E-state index in [0.29, 0.717) is 5.41 Å². The van der Waals surface area contributed by atoms with E-state index in [4.69, 9.17) is 4.98 Å². The van der Waals surface area contributed by atoms with Crippen molar-refractivity contribution in [2.24, 2.45) is 5.41 Å². The molecule has 0 amide bonds. The molecule has 1 saturated carbocycles. The maximum Gasteiger partial charge on any atom is 0.113 e. The molecule has 108 valence electrons. The highest BCUT2D eigenvalue weighted by Gasteiger charge is 2.55. The van der Waals surface area contributed by atoms with Crippen LogP contribution in [0.4, 0.5) is 0 Å². The summed E-state index contributed by atoms with van der Waals surface area (Å²) in [6, 6.07) is 0. The minimum atomic E-state index is 0.0389. The van der Waals surface area contributed by atoms with Gasteiger partial charge in [-0.3, -0.25) is 0 Å². The van der Waals surface area contributed by atoms with Crippen molar-refractivity contribution in [3.05, 3.63) is 16.1 Å². The Hall–Kier alpha value is -0.410. The lowest BCUT2D eigenvalue weighted by atomic mass is 9.84. The summed E-state index contributed by atoms with van der Waals surface area (Å²) >= 11 is 1.83. The molecule has 1 unspecified atom stereocenters. The van der Waals surface area contributed by atoms with E-state index in [9.17, 15) is 0 Å². The van der Waals surface area contributed by atoms with Gasteiger partial charge in [-0.05, 0) is 38.1 Å². The Kier molecular flexibility index (Phi) is 3.83. The van der Waals surface area contributed by atoms with Crippen molar-refractivity contribution < 1.29 is 0 Å². The molecule has 2 nitrogen and oxygen atoms in total. The zero-order valence-electron chi connectivity index (χ0n) is 13.3. The summed E-state index contributed by atoms with van der Waals surface area (Å²) in [5.74, 6) is 0. The lowest BCUT2D eigenvalue weighted by Gasteiger charge is -2.35. The first-order valence-corrected chi connectivity index (χ1v) is 8.32. The number of nitrogens with zero attached hydrogens (tertiary/aromatic N) is 1. The zero-order chi connectivity index (χ0) is 14.3. The van der Waals surface area contributed by atoms with E-state index < -0.39 is 0 Å². The van der Waals surface area contributed by atoms with Gasteiger partial charge in [0.2, 0.25) is 0 Å². The summed E-state index contributed by atoms with van der Waals surface area (Å²) in [6.07, 6.45) is 3.79. The number of rotatable bonds is 5. The highest BCUT2D eigenvalue weighted by atomic mass is 32.1. The second-order valence-electron chi connectivity index (χ2n) is 7.40. The van der Waals surface area contributed by atoms with E-state index in [1.165, 1.54) is 30.0 Å². The molecule has 1 aliphatic rings. The Morgan fingerprint density at radius 2 is 1.95 bits per heavy atom. The maximum absolute atomic E-state index is 4.97. The summed E-state index contributed by atoms with van der Waals surface area (Å²) in [5.41, 5.74) is 1.79. The molecule has 3 heteroatoms. The van der Waals surface area contributed by atoms with Crippen LogP contribution in [0.5, 0.6) is 0 Å². The number of nitrogens with one attached hydrogen (secondary N) is 1. The molecule has 0 bridgehead atoms. The molecular weight excluding hydrogens is 252 g/mol. The van der Waals surface area contributed by atoms with Crippen LogP contribution in [-0.4, -0.2) is 11.5 Å². The fraction of sp³-hybridized carbons (Fsp3) is 0.812. The average molecular weight is 280 g/mol. The van der Waals surface area contributed by atoms with Gasteiger partial charge in [0, 0.05) is 10.8 Å². The molecule has 0 saturated heterocycles. The molecule has 1 atom stereocenters. The lowest BCUT2D eigenvalue weighted by molar-refractivity contribution is 0.226. The smallest absolute Gasteiger partial charge is 0.113 e. The van der Waals surface area contributed by atoms with Crippen LogP contribution in [0.3, 0.4) is 0 Å². The van der Waals surface area contributed by atoms with Gasteiger partial charge in [0.15, 0.2) is 0 Å². The summed E-state index contributed by atoms with van der Waals surface area (Å²) in [6.45, 7) is 14.8. The van der Waals surface area contributed by atoms with Gasteiger partial charge in [0.1, 0.15) is 5.01 Å². The third kappa shape index (κ3) is 2.73. The summed E-state index contributed by atoms with van der Waals surface area (Å²) in [7, 11) is 0. The van der Waals surface area contributed by atoms with Crippen LogP contribution in [0.2, 0.25) is 0 Å². The van der Waals surface area contributed by atoms with E-state index in [-0.39, 0.29) is 11.0 Å². The van der Waals surface area contributed by atoms with Crippen LogP contribution in [0.25, 0.3) is 0 Å². The molecule has 0 aromatic carbocycles. The molecule has 2 rings (SSSR count). The van der Waals surface area contributed by atoms with Crippen molar-refractivity contribution in [1.29, 1.82) is 0 Å². The molecule has 1 fully saturated rings. The molecule has 19 heavy (non-hydrogen) atoms. The van der Waals surface area contributed by atoms with Gasteiger partial charge in [-0.15, -0.1) is 11.3 Å². The minimum absolute atomic E-state index is 0.0389. The number of aromatic nitrogens is 1. The first kappa shape index (κ1) is 15.0.